The van der Waals surface area contributed by atoms with Gasteiger partial charge in [-0.25, -0.2) is 0 Å². The Kier molecular flexibility index (Phi) is 17.2. The Morgan fingerprint density at radius 3 is 1.11 bits per heavy atom. The SMILES string of the molecule is C=Cc1cccc(-c2ccc3c(c2)C2(c4ccccc4-3)c3ccccc3-c3ccc(-c4cccc(-n5c6ccccc6c6cc(-c7ccc(N(c8ccc(-c9ccccc9)cc8)c8ccc9c%10ccccc%10n(-c%10ccccc%10)c9c8)cc7)ccc65)c4)cc32)c1.c1ccc(-c2ccc(Nc3ccc4c5ccccc5n(-c5ccccc5)c4c3)cc2)cc1. The second kappa shape index (κ2) is 29.5. The topological polar surface area (TPSA) is 30.1 Å². The maximum Gasteiger partial charge on any atom is 0.0725 e. The molecule has 122 heavy (non-hydrogen) atoms. The van der Waals surface area contributed by atoms with Crippen LogP contribution < -0.4 is 10.2 Å². The minimum Gasteiger partial charge on any atom is -0.355 e. The lowest BCUT2D eigenvalue weighted by Gasteiger charge is -2.31. The molecule has 5 nitrogen and oxygen atoms in total. The molecule has 0 saturated heterocycles. The number of benzene rings is 19. The molecule has 2 aliphatic rings. The van der Waals surface area contributed by atoms with Crippen molar-refractivity contribution in [3.05, 3.63) is 489 Å². The third-order valence-corrected chi connectivity index (χ3v) is 25.2. The predicted molar refractivity (Wildman–Crippen MR) is 514 cm³/mol. The molecule has 19 aromatic carbocycles. The number of anilines is 5. The van der Waals surface area contributed by atoms with Crippen molar-refractivity contribution in [2.24, 2.45) is 0 Å². The van der Waals surface area contributed by atoms with E-state index in [-0.39, 0.29) is 0 Å². The standard InChI is InChI=1S/C87H57N3.C30H22N2/c1-2-57-19-17-22-61(51-57)64-39-47-73-71-27-9-13-31-79(71)87(81(73)54-64)80-32-14-10-28-72(80)74-48-40-65(55-82(74)87)62-23-18-26-69(52-62)90-84-34-16-12-30-76(84)78-53-63(41-50-85(78)90)60-37-44-68(45-38-60)88(67-42-35-59(36-43-67)58-20-5-3-6-21-58)70-46-49-77-75-29-11-15-33-83(75)89(86(77)56-70)66-24-7-4-8-25-66;1-3-9-22(10-4-1)23-15-17-24(18-16-23)31-25-19-20-28-27-13-7-8-14-29(27)32(30(28)21-25)26-11-5-2-6-12-26/h2-56H,1H2;1-21,31H. The predicted octanol–water partition coefficient (Wildman–Crippen LogP) is 31.2. The first-order chi connectivity index (χ1) is 60.4. The Labute approximate surface area is 708 Å². The molecule has 0 radical (unpaired) electrons. The summed E-state index contributed by atoms with van der Waals surface area (Å²) in [5.41, 5.74) is 38.9. The fourth-order valence-electron chi connectivity index (χ4n) is 19.7. The highest BCUT2D eigenvalue weighted by Crippen LogP contribution is 2.64. The summed E-state index contributed by atoms with van der Waals surface area (Å²) < 4.78 is 7.19. The molecule has 1 atom stereocenters. The number of aromatic nitrogens is 3. The van der Waals surface area contributed by atoms with Gasteiger partial charge in [-0.3, -0.25) is 0 Å². The van der Waals surface area contributed by atoms with Crippen molar-refractivity contribution in [3.63, 3.8) is 0 Å². The van der Waals surface area contributed by atoms with E-state index in [1.807, 2.05) is 12.1 Å². The van der Waals surface area contributed by atoms with E-state index in [2.05, 4.69) is 479 Å². The molecule has 2 aliphatic carbocycles. The zero-order chi connectivity index (χ0) is 80.8. The molecule has 0 saturated carbocycles. The van der Waals surface area contributed by atoms with E-state index in [1.54, 1.807) is 0 Å². The van der Waals surface area contributed by atoms with Crippen LogP contribution in [-0.4, -0.2) is 13.7 Å². The second-order valence-corrected chi connectivity index (χ2v) is 32.0. The molecule has 1 unspecified atom stereocenters. The van der Waals surface area contributed by atoms with Gasteiger partial charge in [-0.2, -0.15) is 0 Å². The molecule has 0 bridgehead atoms. The van der Waals surface area contributed by atoms with Crippen LogP contribution in [0.15, 0.2) is 462 Å². The van der Waals surface area contributed by atoms with Crippen molar-refractivity contribution in [1.82, 2.24) is 13.7 Å². The molecule has 3 aromatic heterocycles. The molecule has 0 aliphatic heterocycles. The molecule has 5 heteroatoms. The second-order valence-electron chi connectivity index (χ2n) is 32.0. The van der Waals surface area contributed by atoms with Gasteiger partial charge < -0.3 is 23.9 Å². The number of hydrogen-bond donors (Lipinski definition) is 1. The van der Waals surface area contributed by atoms with Crippen LogP contribution in [0, 0.1) is 0 Å². The van der Waals surface area contributed by atoms with Gasteiger partial charge in [-0.15, -0.1) is 0 Å². The van der Waals surface area contributed by atoms with E-state index in [9.17, 15) is 0 Å². The Bertz CT molecular complexity index is 7820. The Morgan fingerprint density at radius 1 is 0.213 bits per heavy atom. The molecule has 0 amide bonds. The van der Waals surface area contributed by atoms with Gasteiger partial charge in [0.15, 0.2) is 0 Å². The number of fused-ring (bicyclic) bond motifs is 19. The number of para-hydroxylation sites is 5. The summed E-state index contributed by atoms with van der Waals surface area (Å²) in [7, 11) is 0. The lowest BCUT2D eigenvalue weighted by molar-refractivity contribution is 0.794. The third-order valence-electron chi connectivity index (χ3n) is 25.2. The van der Waals surface area contributed by atoms with Crippen molar-refractivity contribution in [2.75, 3.05) is 10.2 Å². The van der Waals surface area contributed by atoms with Crippen LogP contribution in [0.1, 0.15) is 27.8 Å². The van der Waals surface area contributed by atoms with Crippen LogP contribution in [0.3, 0.4) is 0 Å². The van der Waals surface area contributed by atoms with Crippen LogP contribution in [0.5, 0.6) is 0 Å². The first-order valence-electron chi connectivity index (χ1n) is 42.0. The molecule has 3 heterocycles. The first kappa shape index (κ1) is 71.3. The van der Waals surface area contributed by atoms with Gasteiger partial charge in [0.25, 0.3) is 0 Å². The highest BCUT2D eigenvalue weighted by molar-refractivity contribution is 6.13. The zero-order valence-corrected chi connectivity index (χ0v) is 66.9. The van der Waals surface area contributed by atoms with Crippen LogP contribution in [-0.2, 0) is 5.41 Å². The lowest BCUT2D eigenvalue weighted by Crippen LogP contribution is -2.26. The Hall–Kier alpha value is -16.1. The van der Waals surface area contributed by atoms with Crippen molar-refractivity contribution in [2.45, 2.75) is 5.41 Å². The van der Waals surface area contributed by atoms with E-state index < -0.39 is 5.41 Å². The molecular weight excluding hydrogens is 1480 g/mol. The van der Waals surface area contributed by atoms with Gasteiger partial charge in [0.1, 0.15) is 0 Å². The number of hydrogen-bond acceptors (Lipinski definition) is 2. The van der Waals surface area contributed by atoms with Gasteiger partial charge in [0.2, 0.25) is 0 Å². The van der Waals surface area contributed by atoms with Crippen molar-refractivity contribution in [1.29, 1.82) is 0 Å². The first-order valence-corrected chi connectivity index (χ1v) is 42.0. The Balaban J connectivity index is 0.000000225. The quantitative estimate of drug-likeness (QED) is 0.118. The van der Waals surface area contributed by atoms with Crippen LogP contribution in [0.25, 0.3) is 166 Å². The molecule has 1 N–H and O–H groups in total. The minimum atomic E-state index is -0.502. The summed E-state index contributed by atoms with van der Waals surface area (Å²) in [4.78, 5) is 2.39. The van der Waals surface area contributed by atoms with Crippen LogP contribution >= 0.6 is 0 Å². The molecule has 572 valence electrons. The highest BCUT2D eigenvalue weighted by Gasteiger charge is 2.52. The summed E-state index contributed by atoms with van der Waals surface area (Å²) in [6, 6.07) is 166. The lowest BCUT2D eigenvalue weighted by atomic mass is 9.70. The minimum absolute atomic E-state index is 0.502. The highest BCUT2D eigenvalue weighted by atomic mass is 15.1. The molecule has 24 rings (SSSR count). The van der Waals surface area contributed by atoms with Gasteiger partial charge in [-0.05, 0) is 251 Å². The van der Waals surface area contributed by atoms with E-state index in [1.165, 1.54) is 160 Å². The van der Waals surface area contributed by atoms with Crippen LogP contribution in [0.4, 0.5) is 28.4 Å². The maximum atomic E-state index is 4.09. The Morgan fingerprint density at radius 2 is 0.566 bits per heavy atom. The summed E-state index contributed by atoms with van der Waals surface area (Å²) in [5, 5.41) is 11.0. The van der Waals surface area contributed by atoms with E-state index >= 15 is 0 Å². The monoisotopic (exact) mass is 1550 g/mol. The van der Waals surface area contributed by atoms with E-state index in [0.717, 1.165) is 56.5 Å². The smallest absolute Gasteiger partial charge is 0.0725 e. The fourth-order valence-corrected chi connectivity index (χ4v) is 19.7. The zero-order valence-electron chi connectivity index (χ0n) is 66.9. The summed E-state index contributed by atoms with van der Waals surface area (Å²) in [6.07, 6.45) is 1.93. The number of nitrogens with one attached hydrogen (secondary N) is 1. The number of rotatable bonds is 14. The van der Waals surface area contributed by atoms with Crippen molar-refractivity contribution < 1.29 is 0 Å². The molecule has 1 spiro atoms. The van der Waals surface area contributed by atoms with Gasteiger partial charge >= 0.3 is 0 Å². The van der Waals surface area contributed by atoms with E-state index in [0.29, 0.717) is 0 Å². The fraction of sp³-hybridized carbons (Fsp3) is 0.00855. The largest absolute Gasteiger partial charge is 0.355 e. The van der Waals surface area contributed by atoms with Gasteiger partial charge in [0, 0.05) is 77.8 Å². The van der Waals surface area contributed by atoms with E-state index in [4.69, 9.17) is 0 Å². The molecule has 0 fully saturated rings. The van der Waals surface area contributed by atoms with Crippen LogP contribution in [0.2, 0.25) is 0 Å². The third kappa shape index (κ3) is 11.9. The molecular formula is C117H79N5. The summed E-state index contributed by atoms with van der Waals surface area (Å²) in [6.45, 7) is 4.09. The normalized spacial score (nSPS) is 13.0. The maximum absolute atomic E-state index is 4.09. The molecule has 22 aromatic rings. The van der Waals surface area contributed by atoms with Crippen molar-refractivity contribution >= 4 is 99.9 Å². The summed E-state index contributed by atoms with van der Waals surface area (Å²) in [5.74, 6) is 0. The van der Waals surface area contributed by atoms with Gasteiger partial charge in [0.05, 0.1) is 38.5 Å². The van der Waals surface area contributed by atoms with Crippen molar-refractivity contribution in [3.8, 4) is 95.0 Å². The van der Waals surface area contributed by atoms with Gasteiger partial charge in [-0.1, -0.05) is 322 Å². The summed E-state index contributed by atoms with van der Waals surface area (Å²) >= 11 is 0. The average Bonchev–Trinajstić information content (AvgIpc) is 1.50. The average molecular weight is 1550 g/mol. The number of nitrogens with zero attached hydrogens (tertiary/aromatic N) is 4.